The summed E-state index contributed by atoms with van der Waals surface area (Å²) in [5, 5.41) is 0. The molecule has 3 aliphatic carbocycles. The normalized spacial score (nSPS) is 24.1. The lowest BCUT2D eigenvalue weighted by Crippen LogP contribution is -2.22. The molecule has 4 atom stereocenters. The molecular weight excluding hydrogens is 424 g/mol. The van der Waals surface area contributed by atoms with Gasteiger partial charge in [0.25, 0.3) is 0 Å². The molecule has 1 fully saturated rings. The molecule has 3 aliphatic rings. The zero-order valence-electron chi connectivity index (χ0n) is 19.1. The van der Waals surface area contributed by atoms with Crippen molar-refractivity contribution in [2.45, 2.75) is 26.1 Å². The fourth-order valence-corrected chi connectivity index (χ4v) is 5.53. The minimum absolute atomic E-state index is 0.152. The minimum Gasteiger partial charge on any atom is -0.457 e. The second-order valence-corrected chi connectivity index (χ2v) is 9.31. The average Bonchev–Trinajstić information content (AvgIpc) is 3.59. The molecule has 0 amide bonds. The molecule has 0 aromatic heterocycles. The SMILES string of the molecule is C=Cc1ccc(COC(=O)C2=CC3C4C=C(C(=O)OCc5ccc(C=C)cc5)C(C4)C3C2)cc1. The van der Waals surface area contributed by atoms with Gasteiger partial charge in [0.05, 0.1) is 0 Å². The van der Waals surface area contributed by atoms with Crippen molar-refractivity contribution in [3.05, 3.63) is 107 Å². The van der Waals surface area contributed by atoms with Crippen molar-refractivity contribution in [3.8, 4) is 0 Å². The van der Waals surface area contributed by atoms with Gasteiger partial charge >= 0.3 is 11.9 Å². The van der Waals surface area contributed by atoms with Crippen molar-refractivity contribution in [1.82, 2.24) is 0 Å². The van der Waals surface area contributed by atoms with E-state index in [2.05, 4.69) is 25.3 Å². The van der Waals surface area contributed by atoms with Gasteiger partial charge in [-0.1, -0.05) is 86.0 Å². The van der Waals surface area contributed by atoms with Crippen molar-refractivity contribution in [2.24, 2.45) is 23.7 Å². The largest absolute Gasteiger partial charge is 0.457 e. The molecule has 4 unspecified atom stereocenters. The maximum absolute atomic E-state index is 12.8. The minimum atomic E-state index is -0.256. The Hall–Kier alpha value is -3.66. The van der Waals surface area contributed by atoms with Crippen molar-refractivity contribution in [2.75, 3.05) is 0 Å². The lowest BCUT2D eigenvalue weighted by molar-refractivity contribution is -0.141. The van der Waals surface area contributed by atoms with Crippen LogP contribution in [-0.2, 0) is 32.3 Å². The van der Waals surface area contributed by atoms with Crippen LogP contribution < -0.4 is 0 Å². The molecule has 0 N–H and O–H groups in total. The Morgan fingerprint density at radius 3 is 1.94 bits per heavy atom. The van der Waals surface area contributed by atoms with Gasteiger partial charge in [-0.05, 0) is 58.8 Å². The third-order valence-corrected chi connectivity index (χ3v) is 7.34. The first-order valence-electron chi connectivity index (χ1n) is 11.7. The van der Waals surface area contributed by atoms with Gasteiger partial charge in [0, 0.05) is 11.1 Å². The molecule has 0 heterocycles. The number of benzene rings is 2. The van der Waals surface area contributed by atoms with E-state index in [4.69, 9.17) is 9.47 Å². The summed E-state index contributed by atoms with van der Waals surface area (Å²) in [5.74, 6) is 0.535. The van der Waals surface area contributed by atoms with Gasteiger partial charge in [-0.2, -0.15) is 0 Å². The zero-order chi connectivity index (χ0) is 23.7. The highest BCUT2D eigenvalue weighted by Gasteiger charge is 2.52. The van der Waals surface area contributed by atoms with Crippen LogP contribution in [-0.4, -0.2) is 11.9 Å². The highest BCUT2D eigenvalue weighted by Crippen LogP contribution is 2.57. The van der Waals surface area contributed by atoms with Gasteiger partial charge in [0.15, 0.2) is 0 Å². The Bertz CT molecular complexity index is 1180. The van der Waals surface area contributed by atoms with Crippen LogP contribution in [0.3, 0.4) is 0 Å². The summed E-state index contributed by atoms with van der Waals surface area (Å²) in [7, 11) is 0. The van der Waals surface area contributed by atoms with Crippen LogP contribution >= 0.6 is 0 Å². The number of carbonyl (C=O) groups is 2. The van der Waals surface area contributed by atoms with Crippen LogP contribution in [0.4, 0.5) is 0 Å². The number of allylic oxidation sites excluding steroid dienone is 2. The number of rotatable bonds is 8. The summed E-state index contributed by atoms with van der Waals surface area (Å²) in [4.78, 5) is 25.5. The Balaban J connectivity index is 1.15. The smallest absolute Gasteiger partial charge is 0.334 e. The number of hydrogen-bond donors (Lipinski definition) is 0. The third-order valence-electron chi connectivity index (χ3n) is 7.34. The molecule has 172 valence electrons. The highest BCUT2D eigenvalue weighted by atomic mass is 16.5. The van der Waals surface area contributed by atoms with E-state index in [0.29, 0.717) is 18.3 Å². The molecule has 1 saturated carbocycles. The van der Waals surface area contributed by atoms with E-state index in [9.17, 15) is 9.59 Å². The number of carbonyl (C=O) groups excluding carboxylic acids is 2. The van der Waals surface area contributed by atoms with Crippen molar-refractivity contribution in [1.29, 1.82) is 0 Å². The zero-order valence-corrected chi connectivity index (χ0v) is 19.1. The van der Waals surface area contributed by atoms with E-state index in [1.54, 1.807) is 12.2 Å². The Labute approximate surface area is 200 Å². The van der Waals surface area contributed by atoms with Crippen LogP contribution in [0.15, 0.2) is 85.0 Å². The molecule has 2 aromatic carbocycles. The standard InChI is InChI=1S/C30H28O4/c1-3-19-5-9-21(10-6-19)17-33-29(31)24-15-25-23-13-27(26(25)16-24)28(14-23)30(32)34-18-22-11-7-20(4-2)8-12-22/h3-12,14-15,23,25-27H,1-2,13,16-18H2. The monoisotopic (exact) mass is 452 g/mol. The maximum atomic E-state index is 12.8. The summed E-state index contributed by atoms with van der Waals surface area (Å²) >= 11 is 0. The topological polar surface area (TPSA) is 52.6 Å². The van der Waals surface area contributed by atoms with Gasteiger partial charge < -0.3 is 9.47 Å². The van der Waals surface area contributed by atoms with Crippen LogP contribution in [0.2, 0.25) is 0 Å². The summed E-state index contributed by atoms with van der Waals surface area (Å²) < 4.78 is 11.2. The van der Waals surface area contributed by atoms with E-state index >= 15 is 0 Å². The van der Waals surface area contributed by atoms with Crippen LogP contribution in [0.1, 0.15) is 35.1 Å². The van der Waals surface area contributed by atoms with Crippen molar-refractivity contribution >= 4 is 24.1 Å². The van der Waals surface area contributed by atoms with Crippen molar-refractivity contribution in [3.63, 3.8) is 0 Å². The molecule has 0 radical (unpaired) electrons. The quantitative estimate of drug-likeness (QED) is 0.468. The van der Waals surface area contributed by atoms with Crippen LogP contribution in [0.5, 0.6) is 0 Å². The van der Waals surface area contributed by atoms with Gasteiger partial charge in [-0.15, -0.1) is 0 Å². The van der Waals surface area contributed by atoms with E-state index in [1.807, 2.05) is 48.5 Å². The molecule has 4 nitrogen and oxygen atoms in total. The number of esters is 2. The summed E-state index contributed by atoms with van der Waals surface area (Å²) in [6.45, 7) is 8.00. The van der Waals surface area contributed by atoms with Crippen molar-refractivity contribution < 1.29 is 19.1 Å². The number of ether oxygens (including phenoxy) is 2. The van der Waals surface area contributed by atoms with Gasteiger partial charge in [0.1, 0.15) is 13.2 Å². The lowest BCUT2D eigenvalue weighted by atomic mass is 9.81. The molecule has 2 bridgehead atoms. The molecule has 34 heavy (non-hydrogen) atoms. The molecule has 2 aromatic rings. The average molecular weight is 453 g/mol. The number of fused-ring (bicyclic) bond motifs is 5. The van der Waals surface area contributed by atoms with Crippen LogP contribution in [0, 0.1) is 23.7 Å². The fraction of sp³-hybridized carbons (Fsp3) is 0.267. The summed E-state index contributed by atoms with van der Waals surface area (Å²) in [5.41, 5.74) is 5.47. The molecular formula is C30H28O4. The first-order chi connectivity index (χ1) is 16.6. The predicted octanol–water partition coefficient (Wildman–Crippen LogP) is 5.90. The first kappa shape index (κ1) is 22.1. The second kappa shape index (κ2) is 9.30. The van der Waals surface area contributed by atoms with Gasteiger partial charge in [-0.3, -0.25) is 0 Å². The number of hydrogen-bond acceptors (Lipinski definition) is 4. The molecule has 4 heteroatoms. The highest BCUT2D eigenvalue weighted by molar-refractivity contribution is 5.92. The molecule has 0 saturated heterocycles. The molecule has 5 rings (SSSR count). The van der Waals surface area contributed by atoms with E-state index in [0.717, 1.165) is 39.8 Å². The Kier molecular flexibility index (Phi) is 6.06. The van der Waals surface area contributed by atoms with E-state index < -0.39 is 0 Å². The van der Waals surface area contributed by atoms with E-state index in [-0.39, 0.29) is 37.0 Å². The maximum Gasteiger partial charge on any atom is 0.334 e. The second-order valence-electron chi connectivity index (χ2n) is 9.31. The first-order valence-corrected chi connectivity index (χ1v) is 11.7. The Morgan fingerprint density at radius 2 is 1.38 bits per heavy atom. The fourth-order valence-electron chi connectivity index (χ4n) is 5.53. The van der Waals surface area contributed by atoms with E-state index in [1.165, 1.54) is 0 Å². The third kappa shape index (κ3) is 4.28. The summed E-state index contributed by atoms with van der Waals surface area (Å²) in [6, 6.07) is 15.6. The lowest BCUT2D eigenvalue weighted by Gasteiger charge is -2.24. The molecule has 0 aliphatic heterocycles. The van der Waals surface area contributed by atoms with Gasteiger partial charge in [-0.25, -0.2) is 9.59 Å². The molecule has 0 spiro atoms. The predicted molar refractivity (Wildman–Crippen MR) is 132 cm³/mol. The van der Waals surface area contributed by atoms with Crippen LogP contribution in [0.25, 0.3) is 12.2 Å². The van der Waals surface area contributed by atoms with Gasteiger partial charge in [0.2, 0.25) is 0 Å². The summed E-state index contributed by atoms with van der Waals surface area (Å²) in [6.07, 6.45) is 9.34. The Morgan fingerprint density at radius 1 is 0.824 bits per heavy atom.